The van der Waals surface area contributed by atoms with Crippen molar-refractivity contribution in [1.82, 2.24) is 4.90 Å². The summed E-state index contributed by atoms with van der Waals surface area (Å²) >= 11 is 0. The van der Waals surface area contributed by atoms with E-state index in [1.165, 1.54) is 17.0 Å². The lowest BCUT2D eigenvalue weighted by molar-refractivity contribution is -0.384. The molecular weight excluding hydrogens is 288 g/mol. The van der Waals surface area contributed by atoms with Crippen LogP contribution in [0, 0.1) is 15.5 Å². The lowest BCUT2D eigenvalue weighted by atomic mass is 9.94. The molecule has 0 aliphatic carbocycles. The maximum absolute atomic E-state index is 11.7. The largest absolute Gasteiger partial charge is 0.415 e. The summed E-state index contributed by atoms with van der Waals surface area (Å²) in [6.07, 6.45) is -0.489. The quantitative estimate of drug-likeness (QED) is 0.618. The summed E-state index contributed by atoms with van der Waals surface area (Å²) in [4.78, 5) is 23.2. The molecule has 0 fully saturated rings. The molecule has 1 heterocycles. The molecule has 0 N–H and O–H groups in total. The molecule has 0 bridgehead atoms. The van der Waals surface area contributed by atoms with E-state index < -0.39 is 16.4 Å². The number of rotatable bonds is 2. The van der Waals surface area contributed by atoms with E-state index in [0.29, 0.717) is 18.1 Å². The molecule has 0 atom stereocenters. The predicted octanol–water partition coefficient (Wildman–Crippen LogP) is 2.45. The van der Waals surface area contributed by atoms with E-state index in [-0.39, 0.29) is 5.69 Å². The van der Waals surface area contributed by atoms with Gasteiger partial charge in [0.05, 0.1) is 22.6 Å². The lowest BCUT2D eigenvalue weighted by Crippen LogP contribution is -2.33. The van der Waals surface area contributed by atoms with E-state index in [9.17, 15) is 14.9 Å². The number of carbonyl (C=O) groups excluding carboxylic acids is 1. The van der Waals surface area contributed by atoms with Gasteiger partial charge in [-0.15, -0.1) is 5.10 Å². The van der Waals surface area contributed by atoms with Crippen molar-refractivity contribution in [2.45, 2.75) is 13.8 Å². The first-order valence-corrected chi connectivity index (χ1v) is 6.71. The van der Waals surface area contributed by atoms with Gasteiger partial charge < -0.3 is 9.64 Å². The van der Waals surface area contributed by atoms with Gasteiger partial charge in [-0.25, -0.2) is 4.79 Å². The monoisotopic (exact) mass is 306 g/mol. The number of carbonyl (C=O) groups is 1. The summed E-state index contributed by atoms with van der Waals surface area (Å²) in [5.41, 5.74) is 0.285. The first-order chi connectivity index (χ1) is 10.2. The number of nitro groups is 1. The second-order valence-electron chi connectivity index (χ2n) is 5.88. The van der Waals surface area contributed by atoms with Crippen molar-refractivity contribution in [3.63, 3.8) is 0 Å². The molecule has 8 nitrogen and oxygen atoms in total. The molecule has 0 spiro atoms. The van der Waals surface area contributed by atoms with E-state index in [1.54, 1.807) is 31.2 Å². The summed E-state index contributed by atoms with van der Waals surface area (Å²) in [6, 6.07) is 6.08. The van der Waals surface area contributed by atoms with Crippen LogP contribution in [0.25, 0.3) is 0 Å². The van der Waals surface area contributed by atoms with Gasteiger partial charge in [0.25, 0.3) is 5.69 Å². The number of non-ortho nitro benzene ring substituents is 1. The van der Waals surface area contributed by atoms with Crippen molar-refractivity contribution in [3.05, 3.63) is 34.4 Å². The Morgan fingerprint density at radius 2 is 1.95 bits per heavy atom. The molecule has 0 radical (unpaired) electrons. The van der Waals surface area contributed by atoms with Crippen LogP contribution in [0.2, 0.25) is 0 Å². The van der Waals surface area contributed by atoms with E-state index in [1.807, 2.05) is 13.8 Å². The van der Waals surface area contributed by atoms with E-state index in [0.717, 1.165) is 0 Å². The topological polar surface area (TPSA) is 88.3 Å². The minimum Gasteiger partial charge on any atom is -0.393 e. The van der Waals surface area contributed by atoms with Crippen molar-refractivity contribution in [2.75, 3.05) is 25.6 Å². The number of benzene rings is 1. The average molecular weight is 306 g/mol. The van der Waals surface area contributed by atoms with Crippen LogP contribution < -0.4 is 5.01 Å². The second-order valence-corrected chi connectivity index (χ2v) is 5.88. The number of hydrogen-bond donors (Lipinski definition) is 0. The maximum Gasteiger partial charge on any atom is 0.415 e. The first kappa shape index (κ1) is 15.7. The fourth-order valence-corrected chi connectivity index (χ4v) is 1.95. The fourth-order valence-electron chi connectivity index (χ4n) is 1.95. The normalized spacial score (nSPS) is 16.2. The number of nitrogens with zero attached hydrogens (tertiary/aromatic N) is 4. The average Bonchev–Trinajstić information content (AvgIpc) is 2.74. The van der Waals surface area contributed by atoms with Gasteiger partial charge in [-0.3, -0.25) is 15.1 Å². The molecule has 1 aromatic carbocycles. The Kier molecular flexibility index (Phi) is 4.03. The van der Waals surface area contributed by atoms with Crippen LogP contribution in [0.15, 0.2) is 29.4 Å². The van der Waals surface area contributed by atoms with Crippen LogP contribution in [0.3, 0.4) is 0 Å². The number of hydrazone groups is 1. The van der Waals surface area contributed by atoms with E-state index in [4.69, 9.17) is 4.74 Å². The Labute approximate surface area is 128 Å². The second kappa shape index (κ2) is 5.63. The summed E-state index contributed by atoms with van der Waals surface area (Å²) in [5.74, 6) is 0.324. The third kappa shape index (κ3) is 3.16. The molecule has 1 amide bonds. The molecule has 0 aromatic heterocycles. The van der Waals surface area contributed by atoms with E-state index in [2.05, 4.69) is 5.10 Å². The molecule has 8 heteroatoms. The molecule has 22 heavy (non-hydrogen) atoms. The van der Waals surface area contributed by atoms with Crippen LogP contribution >= 0.6 is 0 Å². The van der Waals surface area contributed by atoms with E-state index >= 15 is 0 Å². The summed E-state index contributed by atoms with van der Waals surface area (Å²) < 4.78 is 5.29. The van der Waals surface area contributed by atoms with Gasteiger partial charge in [-0.1, -0.05) is 0 Å². The zero-order chi connectivity index (χ0) is 16.5. The van der Waals surface area contributed by atoms with Crippen LogP contribution in [0.1, 0.15) is 13.8 Å². The van der Waals surface area contributed by atoms with Gasteiger partial charge in [0, 0.05) is 26.2 Å². The van der Waals surface area contributed by atoms with Crippen molar-refractivity contribution in [1.29, 1.82) is 0 Å². The SMILES string of the molecule is CN(C)C(=O)OC1=NN(c2ccc([N+](=O)[O-])cc2)CC1(C)C. The fraction of sp³-hybridized carbons (Fsp3) is 0.429. The highest BCUT2D eigenvalue weighted by Gasteiger charge is 2.38. The van der Waals surface area contributed by atoms with Crippen LogP contribution in [0.4, 0.5) is 16.2 Å². The molecule has 118 valence electrons. The minimum atomic E-state index is -0.489. The molecule has 0 saturated carbocycles. The zero-order valence-electron chi connectivity index (χ0n) is 12.9. The highest BCUT2D eigenvalue weighted by Crippen LogP contribution is 2.32. The first-order valence-electron chi connectivity index (χ1n) is 6.71. The third-order valence-electron chi connectivity index (χ3n) is 3.24. The standard InChI is InChI=1S/C14H18N4O4/c1-14(2)9-17(15-12(14)22-13(19)16(3)4)10-5-7-11(8-6-10)18(20)21/h5-8H,9H2,1-4H3. The lowest BCUT2D eigenvalue weighted by Gasteiger charge is -2.21. The Balaban J connectivity index is 2.21. The van der Waals surface area contributed by atoms with Gasteiger partial charge in [-0.2, -0.15) is 0 Å². The number of ether oxygens (including phenoxy) is 1. The van der Waals surface area contributed by atoms with Gasteiger partial charge in [-0.05, 0) is 26.0 Å². The van der Waals surface area contributed by atoms with Crippen molar-refractivity contribution in [3.8, 4) is 0 Å². The molecule has 2 rings (SSSR count). The molecule has 1 aromatic rings. The number of nitro benzene ring substituents is 1. The maximum atomic E-state index is 11.7. The van der Waals surface area contributed by atoms with Gasteiger partial charge in [0.2, 0.25) is 5.90 Å². The molecular formula is C14H18N4O4. The van der Waals surface area contributed by atoms with Crippen LogP contribution in [0.5, 0.6) is 0 Å². The van der Waals surface area contributed by atoms with Gasteiger partial charge >= 0.3 is 6.09 Å². The van der Waals surface area contributed by atoms with Crippen molar-refractivity contribution < 1.29 is 14.5 Å². The number of anilines is 1. The predicted molar refractivity (Wildman–Crippen MR) is 81.8 cm³/mol. The Morgan fingerprint density at radius 3 is 2.45 bits per heavy atom. The highest BCUT2D eigenvalue weighted by molar-refractivity contribution is 5.94. The molecule has 1 aliphatic rings. The minimum absolute atomic E-state index is 0.0189. The Bertz CT molecular complexity index is 622. The number of hydrogen-bond acceptors (Lipinski definition) is 6. The smallest absolute Gasteiger partial charge is 0.393 e. The van der Waals surface area contributed by atoms with Crippen molar-refractivity contribution in [2.24, 2.45) is 10.5 Å². The summed E-state index contributed by atoms with van der Waals surface area (Å²) in [5, 5.41) is 16.7. The number of amides is 1. The van der Waals surface area contributed by atoms with Crippen LogP contribution in [-0.4, -0.2) is 42.5 Å². The van der Waals surface area contributed by atoms with Gasteiger partial charge in [0.15, 0.2) is 0 Å². The Hall–Kier alpha value is -2.64. The molecule has 0 saturated heterocycles. The highest BCUT2D eigenvalue weighted by atomic mass is 16.6. The van der Waals surface area contributed by atoms with Crippen LogP contribution in [-0.2, 0) is 4.74 Å². The van der Waals surface area contributed by atoms with Crippen molar-refractivity contribution >= 4 is 23.4 Å². The van der Waals surface area contributed by atoms with Gasteiger partial charge in [0.1, 0.15) is 0 Å². The summed E-state index contributed by atoms with van der Waals surface area (Å²) in [6.45, 7) is 4.35. The molecule has 0 unspecified atom stereocenters. The zero-order valence-corrected chi connectivity index (χ0v) is 12.9. The molecule has 1 aliphatic heterocycles. The Morgan fingerprint density at radius 1 is 1.36 bits per heavy atom. The third-order valence-corrected chi connectivity index (χ3v) is 3.24. The summed E-state index contributed by atoms with van der Waals surface area (Å²) in [7, 11) is 3.19.